The van der Waals surface area contributed by atoms with Crippen molar-refractivity contribution in [2.45, 2.75) is 37.0 Å². The van der Waals surface area contributed by atoms with Gasteiger partial charge in [-0.3, -0.25) is 14.3 Å². The average Bonchev–Trinajstić information content (AvgIpc) is 3.11. The molecule has 0 radical (unpaired) electrons. The Morgan fingerprint density at radius 1 is 1.42 bits per heavy atom. The Bertz CT molecular complexity index is 472. The molecule has 2 fully saturated rings. The van der Waals surface area contributed by atoms with Gasteiger partial charge in [-0.2, -0.15) is 0 Å². The summed E-state index contributed by atoms with van der Waals surface area (Å²) in [6, 6.07) is -0.664. The van der Waals surface area contributed by atoms with Crippen LogP contribution in [0.25, 0.3) is 0 Å². The van der Waals surface area contributed by atoms with E-state index in [0.29, 0.717) is 32.2 Å². The number of amides is 2. The molecule has 108 valence electrons. The molecule has 1 saturated heterocycles. The normalized spacial score (nSPS) is 24.9. The third-order valence-electron chi connectivity index (χ3n) is 3.55. The minimum Gasteiger partial charge on any atom is -0.356 e. The van der Waals surface area contributed by atoms with Gasteiger partial charge in [0.1, 0.15) is 0 Å². The van der Waals surface area contributed by atoms with Gasteiger partial charge in [0.05, 0.1) is 11.3 Å². The van der Waals surface area contributed by atoms with Crippen molar-refractivity contribution < 1.29 is 18.0 Å². The monoisotopic (exact) mass is 289 g/mol. The molecule has 0 aromatic rings. The lowest BCUT2D eigenvalue weighted by Crippen LogP contribution is -2.47. The van der Waals surface area contributed by atoms with E-state index in [-0.39, 0.29) is 11.8 Å². The quantitative estimate of drug-likeness (QED) is 0.564. The van der Waals surface area contributed by atoms with Crippen LogP contribution in [0.1, 0.15) is 25.7 Å². The lowest BCUT2D eigenvalue weighted by atomic mass is 9.98. The van der Waals surface area contributed by atoms with Crippen molar-refractivity contribution in [3.63, 3.8) is 0 Å². The van der Waals surface area contributed by atoms with Crippen LogP contribution in [0.15, 0.2) is 0 Å². The summed E-state index contributed by atoms with van der Waals surface area (Å²) in [4.78, 5) is 23.4. The standard InChI is InChI=1S/C11H19N3O4S/c1-12-9(6-7-4-5-13-10(7)15)11(16)14-19(17,18)8-2-3-8/h7-9,12H,2-6H2,1H3,(H,13,15)(H,14,16)/t7-,9-/m0/s1. The van der Waals surface area contributed by atoms with Crippen LogP contribution in [-0.2, 0) is 19.6 Å². The van der Waals surface area contributed by atoms with Crippen molar-refractivity contribution in [2.24, 2.45) is 5.92 Å². The molecule has 1 aliphatic heterocycles. The molecule has 2 aliphatic rings. The molecule has 19 heavy (non-hydrogen) atoms. The molecule has 0 spiro atoms. The highest BCUT2D eigenvalue weighted by atomic mass is 32.2. The molecular weight excluding hydrogens is 270 g/mol. The zero-order valence-electron chi connectivity index (χ0n) is 10.8. The van der Waals surface area contributed by atoms with E-state index in [9.17, 15) is 18.0 Å². The molecule has 7 nitrogen and oxygen atoms in total. The SMILES string of the molecule is CN[C@@H](C[C@@H]1CCNC1=O)C(=O)NS(=O)(=O)C1CC1. The first-order valence-corrected chi connectivity index (χ1v) is 7.99. The van der Waals surface area contributed by atoms with Crippen LogP contribution in [0.4, 0.5) is 0 Å². The van der Waals surface area contributed by atoms with Gasteiger partial charge in [-0.15, -0.1) is 0 Å². The summed E-state index contributed by atoms with van der Waals surface area (Å²) in [5.74, 6) is -0.876. The maximum absolute atomic E-state index is 11.9. The number of rotatable bonds is 6. The number of carbonyl (C=O) groups excluding carboxylic acids is 2. The van der Waals surface area contributed by atoms with Crippen molar-refractivity contribution in [1.82, 2.24) is 15.4 Å². The second kappa shape index (κ2) is 5.46. The number of likely N-dealkylation sites (N-methyl/N-ethyl adjacent to an activating group) is 1. The van der Waals surface area contributed by atoms with Crippen LogP contribution in [0.5, 0.6) is 0 Å². The molecule has 0 unspecified atom stereocenters. The molecule has 3 N–H and O–H groups in total. The summed E-state index contributed by atoms with van der Waals surface area (Å²) in [5.41, 5.74) is 0. The van der Waals surface area contributed by atoms with Crippen molar-refractivity contribution in [3.05, 3.63) is 0 Å². The van der Waals surface area contributed by atoms with Crippen LogP contribution in [0.3, 0.4) is 0 Å². The zero-order valence-corrected chi connectivity index (χ0v) is 11.6. The lowest BCUT2D eigenvalue weighted by Gasteiger charge is -2.18. The Hall–Kier alpha value is -1.15. The minimum absolute atomic E-state index is 0.0712. The van der Waals surface area contributed by atoms with E-state index in [1.165, 1.54) is 0 Å². The Kier molecular flexibility index (Phi) is 4.10. The molecule has 0 bridgehead atoms. The summed E-state index contributed by atoms with van der Waals surface area (Å²) >= 11 is 0. The second-order valence-corrected chi connectivity index (χ2v) is 7.03. The number of sulfonamides is 1. The number of nitrogens with one attached hydrogen (secondary N) is 3. The Morgan fingerprint density at radius 3 is 2.58 bits per heavy atom. The van der Waals surface area contributed by atoms with E-state index in [1.54, 1.807) is 7.05 Å². The van der Waals surface area contributed by atoms with Gasteiger partial charge in [-0.05, 0) is 32.7 Å². The van der Waals surface area contributed by atoms with E-state index < -0.39 is 27.2 Å². The fraction of sp³-hybridized carbons (Fsp3) is 0.818. The van der Waals surface area contributed by atoms with Gasteiger partial charge in [0.25, 0.3) is 5.91 Å². The van der Waals surface area contributed by atoms with Gasteiger partial charge < -0.3 is 10.6 Å². The van der Waals surface area contributed by atoms with Gasteiger partial charge in [0, 0.05) is 12.5 Å². The molecule has 2 atom stereocenters. The number of hydrogen-bond donors (Lipinski definition) is 3. The fourth-order valence-corrected chi connectivity index (χ4v) is 3.53. The molecule has 8 heteroatoms. The third kappa shape index (κ3) is 3.44. The topological polar surface area (TPSA) is 104 Å². The van der Waals surface area contributed by atoms with Gasteiger partial charge in [-0.25, -0.2) is 8.42 Å². The molecule has 0 aromatic heterocycles. The molecule has 1 heterocycles. The maximum atomic E-state index is 11.9. The summed E-state index contributed by atoms with van der Waals surface area (Å²) in [6.45, 7) is 0.613. The van der Waals surface area contributed by atoms with Crippen molar-refractivity contribution in [2.75, 3.05) is 13.6 Å². The third-order valence-corrected chi connectivity index (χ3v) is 5.39. The van der Waals surface area contributed by atoms with E-state index in [1.807, 2.05) is 0 Å². The fourth-order valence-electron chi connectivity index (χ4n) is 2.18. The largest absolute Gasteiger partial charge is 0.356 e. The Balaban J connectivity index is 1.93. The smallest absolute Gasteiger partial charge is 0.250 e. The highest BCUT2D eigenvalue weighted by molar-refractivity contribution is 7.90. The van der Waals surface area contributed by atoms with Crippen LogP contribution < -0.4 is 15.4 Å². The summed E-state index contributed by atoms with van der Waals surface area (Å²) in [6.07, 6.45) is 2.21. The lowest BCUT2D eigenvalue weighted by molar-refractivity contribution is -0.124. The molecule has 2 amide bonds. The van der Waals surface area contributed by atoms with Crippen LogP contribution in [-0.4, -0.2) is 45.1 Å². The summed E-state index contributed by atoms with van der Waals surface area (Å²) in [7, 11) is -1.94. The molecule has 1 aliphatic carbocycles. The minimum atomic E-state index is -3.53. The van der Waals surface area contributed by atoms with E-state index in [4.69, 9.17) is 0 Å². The predicted molar refractivity (Wildman–Crippen MR) is 68.7 cm³/mol. The van der Waals surface area contributed by atoms with E-state index in [0.717, 1.165) is 0 Å². The van der Waals surface area contributed by atoms with Gasteiger partial charge >= 0.3 is 0 Å². The van der Waals surface area contributed by atoms with Crippen LogP contribution in [0, 0.1) is 5.92 Å². The Labute approximate surface area is 112 Å². The van der Waals surface area contributed by atoms with Crippen LogP contribution >= 0.6 is 0 Å². The van der Waals surface area contributed by atoms with Crippen molar-refractivity contribution >= 4 is 21.8 Å². The number of carbonyl (C=O) groups is 2. The first-order chi connectivity index (χ1) is 8.94. The van der Waals surface area contributed by atoms with Crippen molar-refractivity contribution in [3.8, 4) is 0 Å². The second-order valence-electron chi connectivity index (χ2n) is 5.06. The maximum Gasteiger partial charge on any atom is 0.250 e. The van der Waals surface area contributed by atoms with Gasteiger partial charge in [0.15, 0.2) is 0 Å². The highest BCUT2D eigenvalue weighted by Crippen LogP contribution is 2.27. The average molecular weight is 289 g/mol. The van der Waals surface area contributed by atoms with E-state index >= 15 is 0 Å². The first-order valence-electron chi connectivity index (χ1n) is 6.44. The van der Waals surface area contributed by atoms with Crippen LogP contribution in [0.2, 0.25) is 0 Å². The molecular formula is C11H19N3O4S. The van der Waals surface area contributed by atoms with Crippen molar-refractivity contribution in [1.29, 1.82) is 0 Å². The molecule has 1 saturated carbocycles. The Morgan fingerprint density at radius 2 is 2.11 bits per heavy atom. The van der Waals surface area contributed by atoms with Gasteiger partial charge in [-0.1, -0.05) is 0 Å². The van der Waals surface area contributed by atoms with E-state index in [2.05, 4.69) is 15.4 Å². The molecule has 2 rings (SSSR count). The number of hydrogen-bond acceptors (Lipinski definition) is 5. The summed E-state index contributed by atoms with van der Waals surface area (Å²) < 4.78 is 25.5. The predicted octanol–water partition coefficient (Wildman–Crippen LogP) is -1.29. The highest BCUT2D eigenvalue weighted by Gasteiger charge is 2.38. The zero-order chi connectivity index (χ0) is 14.0. The molecule has 0 aromatic carbocycles. The summed E-state index contributed by atoms with van der Waals surface area (Å²) in [5, 5.41) is 5.05. The van der Waals surface area contributed by atoms with Gasteiger partial charge in [0.2, 0.25) is 15.9 Å². The first kappa shape index (κ1) is 14.3.